The summed E-state index contributed by atoms with van der Waals surface area (Å²) in [7, 11) is 0. The zero-order chi connectivity index (χ0) is 16.9. The summed E-state index contributed by atoms with van der Waals surface area (Å²) in [4.78, 5) is 27.5. The summed E-state index contributed by atoms with van der Waals surface area (Å²) in [5.74, 6) is 0.000494. The Morgan fingerprint density at radius 3 is 2.58 bits per heavy atom. The molecule has 2 aromatic rings. The number of amides is 2. The number of para-hydroxylation sites is 1. The fourth-order valence-electron chi connectivity index (χ4n) is 2.86. The Labute approximate surface area is 144 Å². The van der Waals surface area contributed by atoms with E-state index in [9.17, 15) is 14.7 Å². The van der Waals surface area contributed by atoms with Crippen molar-refractivity contribution in [2.45, 2.75) is 12.8 Å². The predicted molar refractivity (Wildman–Crippen MR) is 94.4 cm³/mol. The Hall–Kier alpha value is -2.18. The van der Waals surface area contributed by atoms with Crippen LogP contribution < -0.4 is 5.32 Å². The van der Waals surface area contributed by atoms with Gasteiger partial charge in [0.1, 0.15) is 0 Å². The normalized spacial score (nSPS) is 15.3. The van der Waals surface area contributed by atoms with Crippen molar-refractivity contribution in [1.82, 2.24) is 4.90 Å². The van der Waals surface area contributed by atoms with Gasteiger partial charge in [0, 0.05) is 19.7 Å². The lowest BCUT2D eigenvalue weighted by molar-refractivity contribution is 0.0652. The number of nitrogens with one attached hydrogen (secondary N) is 1. The lowest BCUT2D eigenvalue weighted by Crippen LogP contribution is -2.39. The number of rotatable bonds is 4. The van der Waals surface area contributed by atoms with E-state index in [0.717, 1.165) is 12.8 Å². The molecule has 1 fully saturated rings. The SMILES string of the molecule is O=C(Nc1ccccc1C(=O)N1CCC(CO)CC1)c1cccs1. The number of benzene rings is 1. The molecular weight excluding hydrogens is 324 g/mol. The Bertz CT molecular complexity index is 707. The van der Waals surface area contributed by atoms with Crippen LogP contribution in [0, 0.1) is 5.92 Å². The highest BCUT2D eigenvalue weighted by Crippen LogP contribution is 2.23. The Morgan fingerprint density at radius 1 is 1.17 bits per heavy atom. The van der Waals surface area contributed by atoms with E-state index in [1.54, 1.807) is 35.2 Å². The highest BCUT2D eigenvalue weighted by molar-refractivity contribution is 7.12. The topological polar surface area (TPSA) is 69.6 Å². The highest BCUT2D eigenvalue weighted by atomic mass is 32.1. The molecule has 5 nitrogen and oxygen atoms in total. The second-order valence-corrected chi connectivity index (χ2v) is 6.84. The van der Waals surface area contributed by atoms with Gasteiger partial charge in [0.05, 0.1) is 16.1 Å². The van der Waals surface area contributed by atoms with Gasteiger partial charge < -0.3 is 15.3 Å². The van der Waals surface area contributed by atoms with Gasteiger partial charge in [-0.25, -0.2) is 0 Å². The van der Waals surface area contributed by atoms with Crippen LogP contribution in [0.1, 0.15) is 32.9 Å². The second kappa shape index (κ2) is 7.59. The van der Waals surface area contributed by atoms with E-state index >= 15 is 0 Å². The van der Waals surface area contributed by atoms with Crippen LogP contribution in [0.4, 0.5) is 5.69 Å². The third-order valence-electron chi connectivity index (χ3n) is 4.31. The maximum atomic E-state index is 12.8. The number of aliphatic hydroxyl groups excluding tert-OH is 1. The van der Waals surface area contributed by atoms with Crippen molar-refractivity contribution in [3.8, 4) is 0 Å². The van der Waals surface area contributed by atoms with Crippen LogP contribution in [0.2, 0.25) is 0 Å². The minimum Gasteiger partial charge on any atom is -0.396 e. The van der Waals surface area contributed by atoms with E-state index in [1.807, 2.05) is 11.4 Å². The number of hydrogen-bond acceptors (Lipinski definition) is 4. The number of piperidine rings is 1. The van der Waals surface area contributed by atoms with E-state index in [4.69, 9.17) is 0 Å². The number of anilines is 1. The van der Waals surface area contributed by atoms with Crippen molar-refractivity contribution in [2.24, 2.45) is 5.92 Å². The lowest BCUT2D eigenvalue weighted by atomic mass is 9.97. The molecule has 3 rings (SSSR count). The monoisotopic (exact) mass is 344 g/mol. The van der Waals surface area contributed by atoms with Gasteiger partial charge in [-0.3, -0.25) is 9.59 Å². The van der Waals surface area contributed by atoms with Gasteiger partial charge in [0.2, 0.25) is 0 Å². The average molecular weight is 344 g/mol. The molecule has 0 spiro atoms. The fourth-order valence-corrected chi connectivity index (χ4v) is 3.48. The quantitative estimate of drug-likeness (QED) is 0.896. The van der Waals surface area contributed by atoms with Crippen LogP contribution >= 0.6 is 11.3 Å². The number of hydrogen-bond donors (Lipinski definition) is 2. The van der Waals surface area contributed by atoms with Crippen LogP contribution in [0.15, 0.2) is 41.8 Å². The number of carbonyl (C=O) groups is 2. The van der Waals surface area contributed by atoms with Gasteiger partial charge in [-0.2, -0.15) is 0 Å². The minimum absolute atomic E-state index is 0.0755. The number of nitrogens with zero attached hydrogens (tertiary/aromatic N) is 1. The third kappa shape index (κ3) is 3.66. The first-order chi connectivity index (χ1) is 11.7. The van der Waals surface area contributed by atoms with Crippen LogP contribution in [0.25, 0.3) is 0 Å². The molecule has 2 amide bonds. The second-order valence-electron chi connectivity index (χ2n) is 5.90. The molecule has 1 aliphatic rings. The summed E-state index contributed by atoms with van der Waals surface area (Å²) in [5, 5.41) is 13.9. The molecule has 0 atom stereocenters. The Morgan fingerprint density at radius 2 is 1.92 bits per heavy atom. The van der Waals surface area contributed by atoms with E-state index in [1.165, 1.54) is 11.3 Å². The standard InChI is InChI=1S/C18H20N2O3S/c21-12-13-7-9-20(10-8-13)18(23)14-4-1-2-5-15(14)19-17(22)16-6-3-11-24-16/h1-6,11,13,21H,7-10,12H2,(H,19,22). The molecule has 1 aliphatic heterocycles. The number of carbonyl (C=O) groups excluding carboxylic acids is 2. The molecule has 0 aliphatic carbocycles. The largest absolute Gasteiger partial charge is 0.396 e. The molecule has 0 bridgehead atoms. The molecule has 2 heterocycles. The summed E-state index contributed by atoms with van der Waals surface area (Å²) in [6.45, 7) is 1.45. The Kier molecular flexibility index (Phi) is 5.27. The summed E-state index contributed by atoms with van der Waals surface area (Å²) in [5.41, 5.74) is 1.04. The maximum absolute atomic E-state index is 12.8. The van der Waals surface area contributed by atoms with Crippen molar-refractivity contribution in [3.05, 3.63) is 52.2 Å². The number of likely N-dealkylation sites (tertiary alicyclic amines) is 1. The first-order valence-electron chi connectivity index (χ1n) is 8.03. The van der Waals surface area contributed by atoms with Gasteiger partial charge in [0.25, 0.3) is 11.8 Å². The Balaban J connectivity index is 1.74. The first-order valence-corrected chi connectivity index (χ1v) is 8.91. The zero-order valence-electron chi connectivity index (χ0n) is 13.3. The average Bonchev–Trinajstić information content (AvgIpc) is 3.16. The fraction of sp³-hybridized carbons (Fsp3) is 0.333. The van der Waals surface area contributed by atoms with E-state index in [0.29, 0.717) is 29.2 Å². The molecule has 126 valence electrons. The molecule has 1 saturated heterocycles. The minimum atomic E-state index is -0.204. The molecule has 24 heavy (non-hydrogen) atoms. The van der Waals surface area contributed by atoms with Gasteiger partial charge in [-0.15, -0.1) is 11.3 Å². The van der Waals surface area contributed by atoms with Crippen molar-refractivity contribution >= 4 is 28.8 Å². The van der Waals surface area contributed by atoms with E-state index < -0.39 is 0 Å². The summed E-state index contributed by atoms with van der Waals surface area (Å²) < 4.78 is 0. The highest BCUT2D eigenvalue weighted by Gasteiger charge is 2.25. The van der Waals surface area contributed by atoms with Crippen LogP contribution in [0.3, 0.4) is 0 Å². The lowest BCUT2D eigenvalue weighted by Gasteiger charge is -2.31. The molecule has 6 heteroatoms. The predicted octanol–water partition coefficient (Wildman–Crippen LogP) is 2.84. The summed E-state index contributed by atoms with van der Waals surface area (Å²) >= 11 is 1.36. The molecule has 2 N–H and O–H groups in total. The van der Waals surface area contributed by atoms with E-state index in [-0.39, 0.29) is 24.3 Å². The molecule has 1 aromatic carbocycles. The molecule has 0 radical (unpaired) electrons. The van der Waals surface area contributed by atoms with Gasteiger partial charge in [-0.05, 0) is 42.3 Å². The molecule has 1 aromatic heterocycles. The number of aliphatic hydroxyl groups is 1. The summed E-state index contributed by atoms with van der Waals surface area (Å²) in [6.07, 6.45) is 1.62. The van der Waals surface area contributed by atoms with Gasteiger partial charge in [0.15, 0.2) is 0 Å². The smallest absolute Gasteiger partial charge is 0.265 e. The molecular formula is C18H20N2O3S. The summed E-state index contributed by atoms with van der Waals surface area (Å²) in [6, 6.07) is 10.7. The van der Waals surface area contributed by atoms with Crippen molar-refractivity contribution in [2.75, 3.05) is 25.0 Å². The van der Waals surface area contributed by atoms with Crippen molar-refractivity contribution < 1.29 is 14.7 Å². The van der Waals surface area contributed by atoms with Crippen LogP contribution in [-0.4, -0.2) is 41.5 Å². The van der Waals surface area contributed by atoms with Crippen LogP contribution in [0.5, 0.6) is 0 Å². The van der Waals surface area contributed by atoms with Crippen molar-refractivity contribution in [3.63, 3.8) is 0 Å². The van der Waals surface area contributed by atoms with Crippen molar-refractivity contribution in [1.29, 1.82) is 0 Å². The van der Waals surface area contributed by atoms with Crippen LogP contribution in [-0.2, 0) is 0 Å². The maximum Gasteiger partial charge on any atom is 0.265 e. The first kappa shape index (κ1) is 16.7. The molecule has 0 saturated carbocycles. The molecule has 0 unspecified atom stereocenters. The number of thiophene rings is 1. The van der Waals surface area contributed by atoms with E-state index in [2.05, 4.69) is 5.32 Å². The van der Waals surface area contributed by atoms with Gasteiger partial charge in [-0.1, -0.05) is 18.2 Å². The van der Waals surface area contributed by atoms with Gasteiger partial charge >= 0.3 is 0 Å². The third-order valence-corrected chi connectivity index (χ3v) is 5.18. The zero-order valence-corrected chi connectivity index (χ0v) is 14.1.